The van der Waals surface area contributed by atoms with Gasteiger partial charge in [-0.1, -0.05) is 164 Å². The summed E-state index contributed by atoms with van der Waals surface area (Å²) in [5.41, 5.74) is 20.3. The normalized spacial score (nSPS) is 12.3. The second kappa shape index (κ2) is 17.1. The fraction of sp³-hybridized carbons (Fsp3) is 0. The summed E-state index contributed by atoms with van der Waals surface area (Å²) in [4.78, 5) is 7.44. The minimum Gasteiger partial charge on any atom is -0.453 e. The van der Waals surface area contributed by atoms with Gasteiger partial charge in [-0.15, -0.1) is 0 Å². The molecule has 360 valence electrons. The first-order valence-electron chi connectivity index (χ1n) is 26.1. The molecule has 0 saturated carbocycles. The third-order valence-corrected chi connectivity index (χ3v) is 15.4. The highest BCUT2D eigenvalue weighted by atomic mass is 16.5. The lowest BCUT2D eigenvalue weighted by Gasteiger charge is -2.38. The maximum absolute atomic E-state index is 6.78. The molecule has 0 unspecified atom stereocenters. The fourth-order valence-electron chi connectivity index (χ4n) is 11.9. The van der Waals surface area contributed by atoms with Crippen LogP contribution in [0.1, 0.15) is 0 Å². The van der Waals surface area contributed by atoms with Crippen molar-refractivity contribution >= 4 is 60.7 Å². The fourth-order valence-corrected chi connectivity index (χ4v) is 11.9. The molecule has 0 spiro atoms. The topological polar surface area (TPSA) is 44.5 Å². The van der Waals surface area contributed by atoms with Crippen LogP contribution < -0.4 is 14.4 Å². The van der Waals surface area contributed by atoms with Crippen molar-refractivity contribution in [2.24, 2.45) is 0 Å². The lowest BCUT2D eigenvalue weighted by atomic mass is 9.99. The molecule has 77 heavy (non-hydrogen) atoms. The highest BCUT2D eigenvalue weighted by Gasteiger charge is 2.35. The van der Waals surface area contributed by atoms with Crippen molar-refractivity contribution in [3.8, 4) is 90.3 Å². The van der Waals surface area contributed by atoms with Gasteiger partial charge in [0, 0.05) is 50.5 Å². The van der Waals surface area contributed by atoms with Gasteiger partial charge in [0.2, 0.25) is 0 Å². The molecule has 2 aliphatic rings. The Morgan fingerprint density at radius 3 is 1.26 bits per heavy atom. The number of benzene rings is 11. The highest BCUT2D eigenvalue weighted by Crippen LogP contribution is 2.60. The Hall–Kier alpha value is -10.4. The number of aromatic nitrogens is 3. The van der Waals surface area contributed by atoms with E-state index in [1.807, 2.05) is 36.4 Å². The maximum Gasteiger partial charge on any atom is 0.157 e. The predicted molar refractivity (Wildman–Crippen MR) is 315 cm³/mol. The van der Waals surface area contributed by atoms with Gasteiger partial charge < -0.3 is 18.6 Å². The summed E-state index contributed by atoms with van der Waals surface area (Å²) in [5, 5.41) is 4.71. The first-order chi connectivity index (χ1) is 38.1. The number of para-hydroxylation sites is 5. The van der Waals surface area contributed by atoms with Crippen LogP contribution >= 0.6 is 0 Å². The summed E-state index contributed by atoms with van der Waals surface area (Å²) in [6, 6.07) is 95.2. The molecular formula is C71H44N4O2. The van der Waals surface area contributed by atoms with Crippen LogP contribution in [0.2, 0.25) is 0 Å². The number of anilines is 3. The molecule has 0 aliphatic carbocycles. The Labute approximate surface area is 444 Å². The lowest BCUT2D eigenvalue weighted by molar-refractivity contribution is 0.445. The van der Waals surface area contributed by atoms with Crippen molar-refractivity contribution < 1.29 is 9.47 Å². The Morgan fingerprint density at radius 2 is 0.688 bits per heavy atom. The largest absolute Gasteiger partial charge is 0.453 e. The van der Waals surface area contributed by atoms with E-state index in [9.17, 15) is 0 Å². The Kier molecular flexibility index (Phi) is 9.53. The minimum atomic E-state index is 0.740. The Balaban J connectivity index is 0.839. The molecule has 0 atom stereocenters. The molecule has 6 nitrogen and oxygen atoms in total. The molecule has 16 rings (SSSR count). The van der Waals surface area contributed by atoms with Crippen LogP contribution in [0.15, 0.2) is 267 Å². The van der Waals surface area contributed by atoms with Gasteiger partial charge in [-0.3, -0.25) is 4.90 Å². The molecule has 6 heteroatoms. The Morgan fingerprint density at radius 1 is 0.260 bits per heavy atom. The van der Waals surface area contributed by atoms with E-state index in [0.29, 0.717) is 0 Å². The van der Waals surface area contributed by atoms with E-state index in [2.05, 4.69) is 245 Å². The third kappa shape index (κ3) is 6.93. The van der Waals surface area contributed by atoms with Gasteiger partial charge in [0.1, 0.15) is 5.69 Å². The smallest absolute Gasteiger partial charge is 0.157 e. The molecule has 2 aliphatic heterocycles. The van der Waals surface area contributed by atoms with Crippen molar-refractivity contribution in [1.82, 2.24) is 14.1 Å². The molecule has 11 aromatic carbocycles. The van der Waals surface area contributed by atoms with Gasteiger partial charge in [-0.05, 0) is 124 Å². The summed E-state index contributed by atoms with van der Waals surface area (Å²) in [7, 11) is 0. The molecule has 0 saturated heterocycles. The second-order valence-electron chi connectivity index (χ2n) is 19.9. The number of hydrogen-bond donors (Lipinski definition) is 0. The summed E-state index contributed by atoms with van der Waals surface area (Å²) in [6.07, 6.45) is 0. The van der Waals surface area contributed by atoms with Crippen molar-refractivity contribution in [3.05, 3.63) is 267 Å². The number of hydrogen-bond acceptors (Lipinski definition) is 4. The van der Waals surface area contributed by atoms with Gasteiger partial charge in [-0.25, -0.2) is 4.98 Å². The first kappa shape index (κ1) is 43.0. The summed E-state index contributed by atoms with van der Waals surface area (Å²) in [6.45, 7) is 0. The SMILES string of the molecule is c1ccc(-c2ccc3c(c2)c2cc(-c4ccc5c(c4)c4ccccc4n5-c4cccc(-c5cc(-c6ccccc6)nc(-c6ccccc6)c5)c4)ccc2n3-c2cc3c4c(c2)Oc2ccccc2N4c2ccccc2O3)cc1. The second-order valence-corrected chi connectivity index (χ2v) is 19.9. The van der Waals surface area contributed by atoms with Gasteiger partial charge in [0.15, 0.2) is 23.0 Å². The summed E-state index contributed by atoms with van der Waals surface area (Å²) >= 11 is 0. The summed E-state index contributed by atoms with van der Waals surface area (Å²) in [5.74, 6) is 3.08. The van der Waals surface area contributed by atoms with E-state index in [-0.39, 0.29) is 0 Å². The number of ether oxygens (including phenoxy) is 2. The predicted octanol–water partition coefficient (Wildman–Crippen LogP) is 19.3. The minimum absolute atomic E-state index is 0.740. The van der Waals surface area contributed by atoms with Crippen molar-refractivity contribution in [2.75, 3.05) is 4.90 Å². The molecule has 0 amide bonds. The van der Waals surface area contributed by atoms with Crippen LogP contribution in [-0.2, 0) is 0 Å². The van der Waals surface area contributed by atoms with Crippen molar-refractivity contribution in [2.45, 2.75) is 0 Å². The van der Waals surface area contributed by atoms with E-state index >= 15 is 0 Å². The van der Waals surface area contributed by atoms with Gasteiger partial charge >= 0.3 is 0 Å². The molecule has 5 heterocycles. The van der Waals surface area contributed by atoms with Crippen LogP contribution in [0.4, 0.5) is 17.1 Å². The van der Waals surface area contributed by atoms with Crippen molar-refractivity contribution in [3.63, 3.8) is 0 Å². The van der Waals surface area contributed by atoms with E-state index < -0.39 is 0 Å². The summed E-state index contributed by atoms with van der Waals surface area (Å²) < 4.78 is 18.3. The van der Waals surface area contributed by atoms with E-state index in [1.54, 1.807) is 0 Å². The monoisotopic (exact) mass is 984 g/mol. The molecule has 0 N–H and O–H groups in total. The van der Waals surface area contributed by atoms with Crippen LogP contribution in [0.25, 0.3) is 111 Å². The average Bonchev–Trinajstić information content (AvgIpc) is 4.11. The maximum atomic E-state index is 6.78. The number of rotatable bonds is 7. The Bertz CT molecular complexity index is 4560. The highest BCUT2D eigenvalue weighted by molar-refractivity contribution is 6.14. The van der Waals surface area contributed by atoms with Gasteiger partial charge in [0.25, 0.3) is 0 Å². The molecule has 3 aromatic heterocycles. The molecular weight excluding hydrogens is 941 g/mol. The van der Waals surface area contributed by atoms with Gasteiger partial charge in [-0.2, -0.15) is 0 Å². The van der Waals surface area contributed by atoms with Crippen LogP contribution in [0, 0.1) is 0 Å². The van der Waals surface area contributed by atoms with E-state index in [1.165, 1.54) is 16.3 Å². The lowest BCUT2D eigenvalue weighted by Crippen LogP contribution is -2.20. The quantitative estimate of drug-likeness (QED) is 0.160. The third-order valence-electron chi connectivity index (χ3n) is 15.4. The zero-order valence-corrected chi connectivity index (χ0v) is 41.5. The first-order valence-corrected chi connectivity index (χ1v) is 26.1. The molecule has 0 radical (unpaired) electrons. The van der Waals surface area contributed by atoms with E-state index in [4.69, 9.17) is 14.5 Å². The van der Waals surface area contributed by atoms with Gasteiger partial charge in [0.05, 0.1) is 50.5 Å². The zero-order valence-electron chi connectivity index (χ0n) is 41.5. The molecule has 14 aromatic rings. The molecule has 0 fully saturated rings. The van der Waals surface area contributed by atoms with Crippen LogP contribution in [0.3, 0.4) is 0 Å². The number of pyridine rings is 1. The average molecular weight is 985 g/mol. The zero-order chi connectivity index (χ0) is 50.6. The number of fused-ring (bicyclic) bond motifs is 10. The standard InChI is InChI=1S/C71H44N4O2/c1-4-17-45(18-5-1)49-31-34-63-57(38-49)58-40-51(33-36-64(58)74(63)54-43-69-71-70(44-54)77-68-30-15-13-28-66(68)75(71)65-27-12-14-29-67(65)76-69)50-32-35-62-56(39-50)55-25-10-11-26-61(55)73(62)53-24-16-23-48(37-53)52-41-59(46-19-6-2-7-20-46)72-60(42-52)47-21-8-3-9-22-47/h1-44H. The van der Waals surface area contributed by atoms with Crippen molar-refractivity contribution in [1.29, 1.82) is 0 Å². The van der Waals surface area contributed by atoms with E-state index in [0.717, 1.165) is 135 Å². The van der Waals surface area contributed by atoms with Crippen LogP contribution in [0.5, 0.6) is 23.0 Å². The van der Waals surface area contributed by atoms with Crippen LogP contribution in [-0.4, -0.2) is 14.1 Å². The number of nitrogens with zero attached hydrogens (tertiary/aromatic N) is 4. The molecule has 0 bridgehead atoms.